The zero-order chi connectivity index (χ0) is 15.6. The number of carboxylic acids is 1. The van der Waals surface area contributed by atoms with Crippen molar-refractivity contribution in [3.8, 4) is 0 Å². The maximum absolute atomic E-state index is 12.6. The lowest BCUT2D eigenvalue weighted by Gasteiger charge is -2.35. The Hall–Kier alpha value is -1.06. The molecule has 0 aliphatic heterocycles. The molecule has 6 unspecified atom stereocenters. The molecule has 0 aromatic heterocycles. The first-order valence-electron chi connectivity index (χ1n) is 8.47. The molecule has 6 atom stereocenters. The molecule has 0 heterocycles. The first-order chi connectivity index (χ1) is 9.93. The number of amides is 1. The minimum absolute atomic E-state index is 0.0238. The van der Waals surface area contributed by atoms with Crippen LogP contribution in [0, 0.1) is 29.6 Å². The van der Waals surface area contributed by atoms with Gasteiger partial charge in [0.2, 0.25) is 5.91 Å². The van der Waals surface area contributed by atoms with Crippen LogP contribution in [0.5, 0.6) is 0 Å². The molecule has 4 nitrogen and oxygen atoms in total. The minimum atomic E-state index is -0.809. The largest absolute Gasteiger partial charge is 0.481 e. The zero-order valence-electron chi connectivity index (χ0n) is 13.5. The summed E-state index contributed by atoms with van der Waals surface area (Å²) in [4.78, 5) is 24.0. The van der Waals surface area contributed by atoms with Gasteiger partial charge in [-0.2, -0.15) is 0 Å². The lowest BCUT2D eigenvalue weighted by Crippen LogP contribution is -2.47. The number of hydrogen-bond acceptors (Lipinski definition) is 2. The smallest absolute Gasteiger partial charge is 0.307 e. The molecular weight excluding hydrogens is 266 g/mol. The van der Waals surface area contributed by atoms with Crippen LogP contribution < -0.4 is 5.32 Å². The van der Waals surface area contributed by atoms with Crippen molar-refractivity contribution in [2.75, 3.05) is 0 Å². The molecule has 0 aromatic carbocycles. The van der Waals surface area contributed by atoms with Crippen molar-refractivity contribution in [2.24, 2.45) is 29.6 Å². The number of nitrogens with one attached hydrogen (secondary N) is 1. The van der Waals surface area contributed by atoms with Gasteiger partial charge < -0.3 is 10.4 Å². The van der Waals surface area contributed by atoms with Gasteiger partial charge in [0.25, 0.3) is 0 Å². The van der Waals surface area contributed by atoms with Crippen molar-refractivity contribution in [1.82, 2.24) is 5.32 Å². The zero-order valence-corrected chi connectivity index (χ0v) is 13.5. The van der Waals surface area contributed by atoms with E-state index in [4.69, 9.17) is 0 Å². The minimum Gasteiger partial charge on any atom is -0.481 e. The van der Waals surface area contributed by atoms with E-state index >= 15 is 0 Å². The molecule has 1 amide bonds. The van der Waals surface area contributed by atoms with Crippen molar-refractivity contribution in [3.05, 3.63) is 0 Å². The second-order valence-corrected chi connectivity index (χ2v) is 7.18. The second-order valence-electron chi connectivity index (χ2n) is 7.18. The van der Waals surface area contributed by atoms with E-state index in [0.29, 0.717) is 24.2 Å². The van der Waals surface area contributed by atoms with E-state index in [-0.39, 0.29) is 17.9 Å². The Labute approximate surface area is 127 Å². The summed E-state index contributed by atoms with van der Waals surface area (Å²) in [6, 6.07) is 0.219. The molecule has 2 aliphatic carbocycles. The third kappa shape index (κ3) is 3.58. The predicted octanol–water partition coefficient (Wildman–Crippen LogP) is 3.06. The van der Waals surface area contributed by atoms with Crippen LogP contribution in [0.3, 0.4) is 0 Å². The molecule has 4 heteroatoms. The Kier molecular flexibility index (Phi) is 5.28. The summed E-state index contributed by atoms with van der Waals surface area (Å²) < 4.78 is 0. The van der Waals surface area contributed by atoms with Crippen LogP contribution in [0.4, 0.5) is 0 Å². The van der Waals surface area contributed by atoms with Gasteiger partial charge in [0.1, 0.15) is 0 Å². The Bertz CT molecular complexity index is 395. The number of rotatable bonds is 4. The second kappa shape index (κ2) is 6.80. The molecule has 0 bridgehead atoms. The predicted molar refractivity (Wildman–Crippen MR) is 81.7 cm³/mol. The molecule has 2 aliphatic rings. The summed E-state index contributed by atoms with van der Waals surface area (Å²) in [5, 5.41) is 12.5. The molecule has 2 N–H and O–H groups in total. The highest BCUT2D eigenvalue weighted by atomic mass is 16.4. The number of hydrogen-bond donors (Lipinski definition) is 2. The Balaban J connectivity index is 1.99. The van der Waals surface area contributed by atoms with Gasteiger partial charge >= 0.3 is 5.97 Å². The van der Waals surface area contributed by atoms with E-state index < -0.39 is 11.9 Å². The highest BCUT2D eigenvalue weighted by Crippen LogP contribution is 2.39. The molecule has 0 aromatic rings. The van der Waals surface area contributed by atoms with E-state index in [9.17, 15) is 14.7 Å². The fourth-order valence-electron chi connectivity index (χ4n) is 4.11. The normalized spacial score (nSPS) is 40.0. The van der Waals surface area contributed by atoms with Gasteiger partial charge in [-0.3, -0.25) is 9.59 Å². The average Bonchev–Trinajstić information content (AvgIpc) is 2.88. The summed E-state index contributed by atoms with van der Waals surface area (Å²) in [6.07, 6.45) is 5.76. The molecule has 2 saturated carbocycles. The van der Waals surface area contributed by atoms with E-state index in [1.165, 1.54) is 6.42 Å². The number of carbonyl (C=O) groups is 2. The van der Waals surface area contributed by atoms with Gasteiger partial charge in [0.15, 0.2) is 0 Å². The SMILES string of the molecule is CCC1CC(C(=O)O)C(C(=O)NC2CCCC(C)C2C)C1. The Morgan fingerprint density at radius 2 is 1.81 bits per heavy atom. The van der Waals surface area contributed by atoms with Gasteiger partial charge in [-0.05, 0) is 37.0 Å². The summed E-state index contributed by atoms with van der Waals surface area (Å²) >= 11 is 0. The maximum Gasteiger partial charge on any atom is 0.307 e. The van der Waals surface area contributed by atoms with Crippen LogP contribution in [-0.4, -0.2) is 23.0 Å². The third-order valence-electron chi connectivity index (χ3n) is 5.93. The Morgan fingerprint density at radius 3 is 2.43 bits per heavy atom. The van der Waals surface area contributed by atoms with Crippen molar-refractivity contribution in [1.29, 1.82) is 0 Å². The van der Waals surface area contributed by atoms with Gasteiger partial charge in [0, 0.05) is 6.04 Å². The van der Waals surface area contributed by atoms with Crippen molar-refractivity contribution < 1.29 is 14.7 Å². The highest BCUT2D eigenvalue weighted by Gasteiger charge is 2.43. The van der Waals surface area contributed by atoms with Crippen LogP contribution >= 0.6 is 0 Å². The fourth-order valence-corrected chi connectivity index (χ4v) is 4.11. The summed E-state index contributed by atoms with van der Waals surface area (Å²) in [7, 11) is 0. The van der Waals surface area contributed by atoms with E-state index in [0.717, 1.165) is 25.7 Å². The molecule has 0 spiro atoms. The van der Waals surface area contributed by atoms with Crippen LogP contribution in [0.15, 0.2) is 0 Å². The molecule has 0 saturated heterocycles. The standard InChI is InChI=1S/C17H29NO3/c1-4-12-8-13(14(9-12)17(20)21)16(19)18-15-7-5-6-10(2)11(15)3/h10-15H,4-9H2,1-3H3,(H,18,19)(H,20,21). The lowest BCUT2D eigenvalue weighted by molar-refractivity contribution is -0.146. The molecule has 0 radical (unpaired) electrons. The van der Waals surface area contributed by atoms with Crippen LogP contribution in [0.2, 0.25) is 0 Å². The Morgan fingerprint density at radius 1 is 1.14 bits per heavy atom. The average molecular weight is 295 g/mol. The van der Waals surface area contributed by atoms with Crippen LogP contribution in [0.1, 0.15) is 59.3 Å². The molecular formula is C17H29NO3. The van der Waals surface area contributed by atoms with Crippen LogP contribution in [0.25, 0.3) is 0 Å². The fraction of sp³-hybridized carbons (Fsp3) is 0.882. The number of carboxylic acid groups (broad SMARTS) is 1. The third-order valence-corrected chi connectivity index (χ3v) is 5.93. The number of carbonyl (C=O) groups excluding carboxylic acids is 1. The van der Waals surface area contributed by atoms with Crippen molar-refractivity contribution >= 4 is 11.9 Å². The van der Waals surface area contributed by atoms with Crippen LogP contribution in [-0.2, 0) is 9.59 Å². The molecule has 120 valence electrons. The molecule has 2 rings (SSSR count). The highest BCUT2D eigenvalue weighted by molar-refractivity contribution is 5.85. The molecule has 2 fully saturated rings. The van der Waals surface area contributed by atoms with Crippen molar-refractivity contribution in [2.45, 2.75) is 65.3 Å². The number of aliphatic carboxylic acids is 1. The quantitative estimate of drug-likeness (QED) is 0.837. The van der Waals surface area contributed by atoms with Crippen molar-refractivity contribution in [3.63, 3.8) is 0 Å². The maximum atomic E-state index is 12.6. The van der Waals surface area contributed by atoms with Gasteiger partial charge in [0.05, 0.1) is 11.8 Å². The first kappa shape index (κ1) is 16.3. The molecule has 21 heavy (non-hydrogen) atoms. The lowest BCUT2D eigenvalue weighted by atomic mass is 9.77. The summed E-state index contributed by atoms with van der Waals surface area (Å²) in [6.45, 7) is 6.52. The topological polar surface area (TPSA) is 66.4 Å². The summed E-state index contributed by atoms with van der Waals surface area (Å²) in [5.74, 6) is -0.172. The monoisotopic (exact) mass is 295 g/mol. The van der Waals surface area contributed by atoms with Gasteiger partial charge in [-0.1, -0.05) is 40.0 Å². The van der Waals surface area contributed by atoms with E-state index in [2.05, 4.69) is 26.1 Å². The van der Waals surface area contributed by atoms with E-state index in [1.54, 1.807) is 0 Å². The first-order valence-corrected chi connectivity index (χ1v) is 8.47. The van der Waals surface area contributed by atoms with Gasteiger partial charge in [-0.15, -0.1) is 0 Å². The van der Waals surface area contributed by atoms with E-state index in [1.807, 2.05) is 0 Å². The van der Waals surface area contributed by atoms with Gasteiger partial charge in [-0.25, -0.2) is 0 Å². The summed E-state index contributed by atoms with van der Waals surface area (Å²) in [5.41, 5.74) is 0.